The summed E-state index contributed by atoms with van der Waals surface area (Å²) in [6.45, 7) is 9.16. The number of carbonyl (C=O) groups excluding carboxylic acids is 1. The number of nitrogens with zero attached hydrogens (tertiary/aromatic N) is 2. The Morgan fingerprint density at radius 3 is 2.38 bits per heavy atom. The lowest BCUT2D eigenvalue weighted by Crippen LogP contribution is -2.53. The topological polar surface area (TPSA) is 51.7 Å². The van der Waals surface area contributed by atoms with Crippen LogP contribution >= 0.6 is 11.8 Å². The van der Waals surface area contributed by atoms with Gasteiger partial charge in [0.1, 0.15) is 5.60 Å². The van der Waals surface area contributed by atoms with Crippen LogP contribution in [0.4, 0.5) is 4.79 Å². The fraction of sp³-hybridized carbons (Fsp3) is 0.500. The molecule has 4 rings (SSSR count). The molecule has 0 spiro atoms. The second kappa shape index (κ2) is 10.4. The van der Waals surface area contributed by atoms with Crippen LogP contribution in [-0.2, 0) is 4.74 Å². The van der Waals surface area contributed by atoms with Gasteiger partial charge in [-0.05, 0) is 70.2 Å². The van der Waals surface area contributed by atoms with E-state index in [0.29, 0.717) is 17.0 Å². The van der Waals surface area contributed by atoms with Gasteiger partial charge in [-0.1, -0.05) is 37.1 Å². The first-order valence-electron chi connectivity index (χ1n) is 12.2. The van der Waals surface area contributed by atoms with Crippen molar-refractivity contribution < 1.29 is 14.3 Å². The van der Waals surface area contributed by atoms with Gasteiger partial charge in [0.05, 0.1) is 12.8 Å². The highest BCUT2D eigenvalue weighted by Gasteiger charge is 2.34. The van der Waals surface area contributed by atoms with E-state index in [9.17, 15) is 4.79 Å². The zero-order chi connectivity index (χ0) is 24.3. The van der Waals surface area contributed by atoms with Crippen molar-refractivity contribution in [3.8, 4) is 5.88 Å². The molecule has 0 bridgehead atoms. The molecule has 1 aromatic heterocycles. The van der Waals surface area contributed by atoms with E-state index in [2.05, 4.69) is 42.5 Å². The normalized spacial score (nSPS) is 17.6. The van der Waals surface area contributed by atoms with Crippen LogP contribution in [0, 0.1) is 12.8 Å². The summed E-state index contributed by atoms with van der Waals surface area (Å²) in [5.74, 6) is 1.29. The Morgan fingerprint density at radius 1 is 1.09 bits per heavy atom. The first-order chi connectivity index (χ1) is 16.2. The molecule has 1 saturated carbocycles. The molecule has 0 radical (unpaired) electrons. The minimum Gasteiger partial charge on any atom is -0.481 e. The van der Waals surface area contributed by atoms with Gasteiger partial charge in [0.25, 0.3) is 0 Å². The zero-order valence-corrected chi connectivity index (χ0v) is 21.8. The smallest absolute Gasteiger partial charge is 0.410 e. The molecule has 0 atom stereocenters. The molecule has 1 aromatic carbocycles. The third kappa shape index (κ3) is 6.15. The van der Waals surface area contributed by atoms with Crippen LogP contribution in [-0.4, -0.2) is 47.0 Å². The molecule has 2 aromatic rings. The maximum atomic E-state index is 12.2. The quantitative estimate of drug-likeness (QED) is 0.459. The second-order valence-electron chi connectivity index (χ2n) is 10.3. The van der Waals surface area contributed by atoms with Crippen LogP contribution in [0.25, 0.3) is 5.57 Å². The second-order valence-corrected chi connectivity index (χ2v) is 11.7. The molecule has 2 aliphatic rings. The lowest BCUT2D eigenvalue weighted by molar-refractivity contribution is 0.0144. The number of methoxy groups -OCH3 is 1. The predicted octanol–water partition coefficient (Wildman–Crippen LogP) is 6.73. The number of aromatic nitrogens is 1. The van der Waals surface area contributed by atoms with Gasteiger partial charge >= 0.3 is 6.09 Å². The van der Waals surface area contributed by atoms with Crippen molar-refractivity contribution >= 4 is 23.4 Å². The zero-order valence-electron chi connectivity index (χ0n) is 21.0. The van der Waals surface area contributed by atoms with Gasteiger partial charge < -0.3 is 14.4 Å². The molecule has 1 aliphatic carbocycles. The molecule has 5 nitrogen and oxygen atoms in total. The number of amides is 1. The predicted molar refractivity (Wildman–Crippen MR) is 138 cm³/mol. The van der Waals surface area contributed by atoms with Gasteiger partial charge in [-0.3, -0.25) is 0 Å². The number of aryl methyl sites for hydroxylation is 1. The number of allylic oxidation sites excluding steroid dienone is 1. The number of hydrogen-bond donors (Lipinski definition) is 0. The van der Waals surface area contributed by atoms with Crippen molar-refractivity contribution in [1.29, 1.82) is 0 Å². The van der Waals surface area contributed by atoms with Gasteiger partial charge in [-0.15, -0.1) is 11.8 Å². The van der Waals surface area contributed by atoms with Crippen molar-refractivity contribution in [1.82, 2.24) is 9.88 Å². The molecule has 1 amide bonds. The Morgan fingerprint density at radius 2 is 1.76 bits per heavy atom. The first kappa shape index (κ1) is 24.6. The third-order valence-corrected chi connectivity index (χ3v) is 7.47. The molecule has 2 fully saturated rings. The Bertz CT molecular complexity index is 1030. The highest BCUT2D eigenvalue weighted by atomic mass is 32.2. The summed E-state index contributed by atoms with van der Waals surface area (Å²) < 4.78 is 11.0. The third-order valence-electron chi connectivity index (χ3n) is 6.29. The minimum atomic E-state index is -0.453. The number of rotatable bonds is 6. The average molecular weight is 481 g/mol. The summed E-state index contributed by atoms with van der Waals surface area (Å²) >= 11 is 1.82. The van der Waals surface area contributed by atoms with Crippen molar-refractivity contribution in [2.45, 2.75) is 69.1 Å². The van der Waals surface area contributed by atoms with Crippen LogP contribution in [0.3, 0.4) is 0 Å². The van der Waals surface area contributed by atoms with Gasteiger partial charge in [0, 0.05) is 34.4 Å². The highest BCUT2D eigenvalue weighted by Crippen LogP contribution is 2.35. The summed E-state index contributed by atoms with van der Waals surface area (Å²) in [5.41, 5.74) is 3.91. The van der Waals surface area contributed by atoms with Gasteiger partial charge in [-0.25, -0.2) is 9.78 Å². The summed E-state index contributed by atoms with van der Waals surface area (Å²) in [5, 5.41) is 0.398. The number of benzene rings is 1. The van der Waals surface area contributed by atoms with E-state index in [0.717, 1.165) is 24.3 Å². The summed E-state index contributed by atoms with van der Waals surface area (Å²) in [4.78, 5) is 20.0. The standard InChI is InChI=1S/C28H36N2O3S/c1-19-10-15-25(29-26(19)32-5)24(16-20-8-6-7-9-20)21-11-13-22(14-12-21)34-23-17-30(18-23)27(31)33-28(2,3)4/h10-16,20,23H,6-9,17-18H2,1-5H3. The number of ether oxygens (including phenoxy) is 2. The van der Waals surface area contributed by atoms with E-state index < -0.39 is 5.60 Å². The molecule has 2 heterocycles. The summed E-state index contributed by atoms with van der Waals surface area (Å²) in [6, 6.07) is 12.9. The van der Waals surface area contributed by atoms with Crippen molar-refractivity contribution in [2.75, 3.05) is 20.2 Å². The van der Waals surface area contributed by atoms with Crippen molar-refractivity contribution in [2.24, 2.45) is 5.92 Å². The fourth-order valence-corrected chi connectivity index (χ4v) is 5.64. The maximum Gasteiger partial charge on any atom is 0.410 e. The molecule has 34 heavy (non-hydrogen) atoms. The van der Waals surface area contributed by atoms with Gasteiger partial charge in [0.2, 0.25) is 5.88 Å². The van der Waals surface area contributed by atoms with Crippen LogP contribution < -0.4 is 4.74 Å². The fourth-order valence-electron chi connectivity index (χ4n) is 4.45. The number of carbonyl (C=O) groups is 1. The molecule has 1 aliphatic heterocycles. The van der Waals surface area contributed by atoms with Gasteiger partial charge in [-0.2, -0.15) is 0 Å². The van der Waals surface area contributed by atoms with E-state index in [1.807, 2.05) is 39.5 Å². The Labute approximate surface area is 207 Å². The van der Waals surface area contributed by atoms with Crippen LogP contribution in [0.15, 0.2) is 47.4 Å². The molecular formula is C28H36N2O3S. The van der Waals surface area contributed by atoms with Crippen molar-refractivity contribution in [3.63, 3.8) is 0 Å². The number of pyridine rings is 1. The summed E-state index contributed by atoms with van der Waals surface area (Å²) in [6.07, 6.45) is 7.29. The van der Waals surface area contributed by atoms with Gasteiger partial charge in [0.15, 0.2) is 0 Å². The molecule has 6 heteroatoms. The Hall–Kier alpha value is -2.47. The largest absolute Gasteiger partial charge is 0.481 e. The lowest BCUT2D eigenvalue weighted by Gasteiger charge is -2.39. The summed E-state index contributed by atoms with van der Waals surface area (Å²) in [7, 11) is 1.68. The monoisotopic (exact) mass is 480 g/mol. The highest BCUT2D eigenvalue weighted by molar-refractivity contribution is 8.00. The first-order valence-corrected chi connectivity index (χ1v) is 13.1. The molecule has 182 valence electrons. The molecule has 0 N–H and O–H groups in total. The maximum absolute atomic E-state index is 12.2. The van der Waals surface area contributed by atoms with E-state index in [-0.39, 0.29) is 6.09 Å². The number of thioether (sulfide) groups is 1. The lowest BCUT2D eigenvalue weighted by atomic mass is 9.96. The van der Waals surface area contributed by atoms with Crippen LogP contribution in [0.5, 0.6) is 5.88 Å². The molecular weight excluding hydrogens is 444 g/mol. The SMILES string of the molecule is COc1nc(C(=CC2CCCC2)c2ccc(SC3CN(C(=O)OC(C)(C)C)C3)cc2)ccc1C. The van der Waals surface area contributed by atoms with Crippen molar-refractivity contribution in [3.05, 3.63) is 59.3 Å². The number of hydrogen-bond acceptors (Lipinski definition) is 5. The van der Waals surface area contributed by atoms with E-state index in [4.69, 9.17) is 14.5 Å². The van der Waals surface area contributed by atoms with Crippen LogP contribution in [0.2, 0.25) is 0 Å². The average Bonchev–Trinajstić information content (AvgIpc) is 3.27. The van der Waals surface area contributed by atoms with E-state index >= 15 is 0 Å². The minimum absolute atomic E-state index is 0.220. The van der Waals surface area contributed by atoms with E-state index in [1.165, 1.54) is 41.7 Å². The Kier molecular flexibility index (Phi) is 7.56. The molecule has 1 saturated heterocycles. The molecule has 0 unspecified atom stereocenters. The number of likely N-dealkylation sites (tertiary alicyclic amines) is 1. The van der Waals surface area contributed by atoms with E-state index in [1.54, 1.807) is 12.0 Å². The van der Waals surface area contributed by atoms with Crippen LogP contribution in [0.1, 0.15) is 63.3 Å². The Balaban J connectivity index is 1.45.